The fraction of sp³-hybridized carbons (Fsp3) is 0.450. The Morgan fingerprint density at radius 3 is 2.57 bits per heavy atom. The second kappa shape index (κ2) is 8.11. The Kier molecular flexibility index (Phi) is 6.17. The molecule has 0 saturated heterocycles. The van der Waals surface area contributed by atoms with Gasteiger partial charge in [-0.05, 0) is 60.0 Å². The molecule has 0 aliphatic heterocycles. The summed E-state index contributed by atoms with van der Waals surface area (Å²) in [7, 11) is 1.44. The molecule has 0 aromatic heterocycles. The minimum atomic E-state index is -0.260. The van der Waals surface area contributed by atoms with Crippen molar-refractivity contribution in [3.8, 4) is 11.1 Å². The van der Waals surface area contributed by atoms with Gasteiger partial charge in [-0.2, -0.15) is 0 Å². The molecule has 2 N–H and O–H groups in total. The molecule has 0 heterocycles. The first-order chi connectivity index (χ1) is 11.1. The summed E-state index contributed by atoms with van der Waals surface area (Å²) in [4.78, 5) is 12.2. The van der Waals surface area contributed by atoms with E-state index in [0.717, 1.165) is 43.4 Å². The van der Waals surface area contributed by atoms with Crippen molar-refractivity contribution in [2.45, 2.75) is 45.4 Å². The molecule has 0 radical (unpaired) electrons. The normalized spacial score (nSPS) is 11.2. The Morgan fingerprint density at radius 1 is 1.13 bits per heavy atom. The van der Waals surface area contributed by atoms with Gasteiger partial charge < -0.3 is 10.5 Å². The van der Waals surface area contributed by atoms with Gasteiger partial charge in [0.15, 0.2) is 0 Å². The van der Waals surface area contributed by atoms with E-state index < -0.39 is 0 Å². The SMILES string of the molecule is COC(=O)c1cc(CCCCCN)c2cccc(C(C)C)cc1-2. The van der Waals surface area contributed by atoms with E-state index in [2.05, 4.69) is 38.1 Å². The van der Waals surface area contributed by atoms with E-state index in [4.69, 9.17) is 10.5 Å². The van der Waals surface area contributed by atoms with Gasteiger partial charge in [-0.3, -0.25) is 0 Å². The highest BCUT2D eigenvalue weighted by atomic mass is 16.5. The molecule has 124 valence electrons. The van der Waals surface area contributed by atoms with Crippen molar-refractivity contribution < 1.29 is 9.53 Å². The van der Waals surface area contributed by atoms with Crippen LogP contribution in [0.4, 0.5) is 0 Å². The number of esters is 1. The summed E-state index contributed by atoms with van der Waals surface area (Å²) in [6, 6.07) is 10.5. The van der Waals surface area contributed by atoms with Crippen molar-refractivity contribution in [3.63, 3.8) is 0 Å². The van der Waals surface area contributed by atoms with Gasteiger partial charge in [0.2, 0.25) is 0 Å². The van der Waals surface area contributed by atoms with Crippen LogP contribution in [0, 0.1) is 0 Å². The molecule has 0 amide bonds. The molecule has 2 aliphatic rings. The number of rotatable bonds is 7. The highest BCUT2D eigenvalue weighted by Gasteiger charge is 2.20. The van der Waals surface area contributed by atoms with Crippen molar-refractivity contribution >= 4 is 5.97 Å². The highest BCUT2D eigenvalue weighted by molar-refractivity contribution is 6.00. The average Bonchev–Trinajstić information content (AvgIpc) is 2.72. The zero-order valence-electron chi connectivity index (χ0n) is 14.4. The molecule has 3 nitrogen and oxygen atoms in total. The number of nitrogens with two attached hydrogens (primary N) is 1. The number of methoxy groups -OCH3 is 1. The molecule has 23 heavy (non-hydrogen) atoms. The number of hydrogen-bond acceptors (Lipinski definition) is 3. The topological polar surface area (TPSA) is 52.3 Å². The molecule has 0 unspecified atom stereocenters. The van der Waals surface area contributed by atoms with Gasteiger partial charge in [0.1, 0.15) is 0 Å². The molecular weight excluding hydrogens is 286 g/mol. The molecular formula is C20H27NO2. The first-order valence-electron chi connectivity index (χ1n) is 8.42. The van der Waals surface area contributed by atoms with Crippen LogP contribution in [0.15, 0.2) is 30.3 Å². The minimum Gasteiger partial charge on any atom is -0.465 e. The number of fused-ring (bicyclic) bond motifs is 1. The summed E-state index contributed by atoms with van der Waals surface area (Å²) >= 11 is 0. The number of hydrogen-bond donors (Lipinski definition) is 1. The molecule has 0 atom stereocenters. The average molecular weight is 313 g/mol. The Bertz CT molecular complexity index is 634. The van der Waals surface area contributed by atoms with Crippen LogP contribution in [0.3, 0.4) is 0 Å². The maximum absolute atomic E-state index is 12.2. The van der Waals surface area contributed by atoms with Crippen LogP contribution in [0.2, 0.25) is 0 Å². The smallest absolute Gasteiger partial charge is 0.338 e. The predicted molar refractivity (Wildman–Crippen MR) is 95.1 cm³/mol. The van der Waals surface area contributed by atoms with Gasteiger partial charge in [0.05, 0.1) is 12.7 Å². The number of carbonyl (C=O) groups excluding carboxylic acids is 1. The molecule has 0 aromatic rings. The second-order valence-electron chi connectivity index (χ2n) is 6.33. The molecule has 2 aliphatic carbocycles. The van der Waals surface area contributed by atoms with E-state index in [9.17, 15) is 4.79 Å². The van der Waals surface area contributed by atoms with Gasteiger partial charge in [-0.1, -0.05) is 44.5 Å². The number of ether oxygens (including phenoxy) is 1. The van der Waals surface area contributed by atoms with Crippen molar-refractivity contribution in [3.05, 3.63) is 47.0 Å². The van der Waals surface area contributed by atoms with Crippen LogP contribution in [0.1, 0.15) is 60.5 Å². The Balaban J connectivity index is 2.41. The standard InChI is InChI=1S/C20H27NO2/c1-14(2)15-9-7-10-17-16(8-5-4-6-11-21)13-19(18(17)12-15)20(22)23-3/h7,9-10,12-14H,4-6,8,11,21H2,1-3H3. The molecule has 0 bridgehead atoms. The van der Waals surface area contributed by atoms with E-state index in [1.165, 1.54) is 18.2 Å². The first kappa shape index (κ1) is 17.5. The molecule has 3 heteroatoms. The Morgan fingerprint density at radius 2 is 1.91 bits per heavy atom. The largest absolute Gasteiger partial charge is 0.465 e. The van der Waals surface area contributed by atoms with E-state index in [1.54, 1.807) is 0 Å². The van der Waals surface area contributed by atoms with Gasteiger partial charge >= 0.3 is 5.97 Å². The lowest BCUT2D eigenvalue weighted by molar-refractivity contribution is 0.0602. The Hall–Kier alpha value is -1.87. The van der Waals surface area contributed by atoms with E-state index >= 15 is 0 Å². The zero-order chi connectivity index (χ0) is 16.8. The van der Waals surface area contributed by atoms with Gasteiger partial charge in [0.25, 0.3) is 0 Å². The summed E-state index contributed by atoms with van der Waals surface area (Å²) in [5, 5.41) is 0. The minimum absolute atomic E-state index is 0.260. The summed E-state index contributed by atoms with van der Waals surface area (Å²) in [6.45, 7) is 5.06. The fourth-order valence-electron chi connectivity index (χ4n) is 2.95. The van der Waals surface area contributed by atoms with Crippen molar-refractivity contribution in [1.29, 1.82) is 0 Å². The third-order valence-corrected chi connectivity index (χ3v) is 4.33. The summed E-state index contributed by atoms with van der Waals surface area (Å²) in [5.74, 6) is 0.156. The lowest BCUT2D eigenvalue weighted by Gasteiger charge is -2.05. The van der Waals surface area contributed by atoms with Gasteiger partial charge in [-0.15, -0.1) is 0 Å². The summed E-state index contributed by atoms with van der Waals surface area (Å²) in [6.07, 6.45) is 4.22. The molecule has 0 saturated carbocycles. The van der Waals surface area contributed by atoms with Crippen molar-refractivity contribution in [2.75, 3.05) is 13.7 Å². The maximum atomic E-state index is 12.2. The van der Waals surface area contributed by atoms with E-state index in [-0.39, 0.29) is 5.97 Å². The number of carbonyl (C=O) groups is 1. The molecule has 2 rings (SSSR count). The van der Waals surface area contributed by atoms with Crippen LogP contribution in [0.25, 0.3) is 11.1 Å². The monoisotopic (exact) mass is 313 g/mol. The third-order valence-electron chi connectivity index (χ3n) is 4.33. The summed E-state index contributed by atoms with van der Waals surface area (Å²) < 4.78 is 4.98. The predicted octanol–water partition coefficient (Wildman–Crippen LogP) is 4.37. The van der Waals surface area contributed by atoms with Crippen LogP contribution >= 0.6 is 0 Å². The zero-order valence-corrected chi connectivity index (χ0v) is 14.4. The van der Waals surface area contributed by atoms with Crippen LogP contribution < -0.4 is 5.73 Å². The number of unbranched alkanes of at least 4 members (excludes halogenated alkanes) is 2. The van der Waals surface area contributed by atoms with Crippen LogP contribution in [0.5, 0.6) is 0 Å². The first-order valence-corrected chi connectivity index (χ1v) is 8.42. The third kappa shape index (κ3) is 4.11. The van der Waals surface area contributed by atoms with Crippen molar-refractivity contribution in [1.82, 2.24) is 0 Å². The van der Waals surface area contributed by atoms with Gasteiger partial charge in [0, 0.05) is 0 Å². The van der Waals surface area contributed by atoms with Crippen LogP contribution in [-0.4, -0.2) is 19.6 Å². The number of aryl methyl sites for hydroxylation is 1. The van der Waals surface area contributed by atoms with Crippen molar-refractivity contribution in [2.24, 2.45) is 5.73 Å². The second-order valence-corrected chi connectivity index (χ2v) is 6.33. The summed E-state index contributed by atoms with van der Waals surface area (Å²) in [5.41, 5.74) is 10.8. The van der Waals surface area contributed by atoms with Gasteiger partial charge in [-0.25, -0.2) is 4.79 Å². The highest BCUT2D eigenvalue weighted by Crippen LogP contribution is 2.35. The van der Waals surface area contributed by atoms with Crippen LogP contribution in [-0.2, 0) is 11.2 Å². The quantitative estimate of drug-likeness (QED) is 0.610. The maximum Gasteiger partial charge on any atom is 0.338 e. The van der Waals surface area contributed by atoms with E-state index in [1.807, 2.05) is 6.07 Å². The lowest BCUT2D eigenvalue weighted by Crippen LogP contribution is -2.00. The fourth-order valence-corrected chi connectivity index (χ4v) is 2.95. The Labute approximate surface area is 139 Å². The molecule has 0 aromatic carbocycles. The lowest BCUT2D eigenvalue weighted by atomic mass is 10.0. The molecule has 0 fully saturated rings. The molecule has 0 spiro atoms. The van der Waals surface area contributed by atoms with E-state index in [0.29, 0.717) is 11.5 Å².